The van der Waals surface area contributed by atoms with Gasteiger partial charge in [-0.3, -0.25) is 0 Å². The van der Waals surface area contributed by atoms with Gasteiger partial charge in [0.15, 0.2) is 0 Å². The molecule has 0 radical (unpaired) electrons. The third kappa shape index (κ3) is 2.82. The van der Waals surface area contributed by atoms with Gasteiger partial charge in [0.2, 0.25) is 0 Å². The lowest BCUT2D eigenvalue weighted by Gasteiger charge is -2.10. The smallest absolute Gasteiger partial charge is 0.339 e. The summed E-state index contributed by atoms with van der Waals surface area (Å²) >= 11 is 0. The molecule has 0 bridgehead atoms. The number of nitrogens with two attached hydrogens (primary N) is 1. The van der Waals surface area contributed by atoms with Crippen molar-refractivity contribution in [3.63, 3.8) is 0 Å². The summed E-state index contributed by atoms with van der Waals surface area (Å²) in [5, 5.41) is 0. The van der Waals surface area contributed by atoms with Gasteiger partial charge in [-0.05, 0) is 34.7 Å². The van der Waals surface area contributed by atoms with Crippen molar-refractivity contribution in [2.24, 2.45) is 0 Å². The van der Waals surface area contributed by atoms with Crippen LogP contribution in [0.2, 0.25) is 0 Å². The Morgan fingerprint density at radius 3 is 2.40 bits per heavy atom. The zero-order valence-electron chi connectivity index (χ0n) is 12.0. The van der Waals surface area contributed by atoms with E-state index >= 15 is 0 Å². The largest absolute Gasteiger partial charge is 0.465 e. The van der Waals surface area contributed by atoms with Crippen molar-refractivity contribution in [2.75, 3.05) is 12.8 Å². The molecule has 0 atom stereocenters. The van der Waals surface area contributed by atoms with Crippen LogP contribution in [0, 0.1) is 0 Å². The van der Waals surface area contributed by atoms with Gasteiger partial charge in [0.1, 0.15) is 0 Å². The van der Waals surface area contributed by atoms with Gasteiger partial charge in [-0.1, -0.05) is 44.2 Å². The first kappa shape index (κ1) is 14.1. The molecule has 0 saturated carbocycles. The van der Waals surface area contributed by atoms with E-state index in [1.165, 1.54) is 12.7 Å². The maximum absolute atomic E-state index is 11.5. The number of carbonyl (C=O) groups is 1. The molecule has 0 spiro atoms. The van der Waals surface area contributed by atoms with Crippen molar-refractivity contribution in [1.29, 1.82) is 0 Å². The molecule has 0 unspecified atom stereocenters. The Bertz CT molecular complexity index is 633. The number of rotatable bonds is 3. The summed E-state index contributed by atoms with van der Waals surface area (Å²) in [5.41, 5.74) is 10.1. The van der Waals surface area contributed by atoms with Crippen LogP contribution in [-0.4, -0.2) is 13.1 Å². The van der Waals surface area contributed by atoms with Crippen molar-refractivity contribution in [3.8, 4) is 11.1 Å². The third-order valence-electron chi connectivity index (χ3n) is 3.34. The van der Waals surface area contributed by atoms with Crippen LogP contribution in [-0.2, 0) is 4.74 Å². The summed E-state index contributed by atoms with van der Waals surface area (Å²) in [4.78, 5) is 11.5. The highest BCUT2D eigenvalue weighted by Gasteiger charge is 2.11. The lowest BCUT2D eigenvalue weighted by Crippen LogP contribution is -2.05. The normalized spacial score (nSPS) is 10.6. The van der Waals surface area contributed by atoms with E-state index in [9.17, 15) is 4.79 Å². The standard InChI is InChI=1S/C17H19NO2/c1-11(2)12-5-4-6-13(9-12)14-7-8-15(16(18)10-14)17(19)20-3/h4-11H,18H2,1-3H3. The van der Waals surface area contributed by atoms with E-state index in [4.69, 9.17) is 10.5 Å². The summed E-state index contributed by atoms with van der Waals surface area (Å²) < 4.78 is 4.69. The number of anilines is 1. The monoisotopic (exact) mass is 269 g/mol. The predicted molar refractivity (Wildman–Crippen MR) is 81.7 cm³/mol. The molecule has 0 aliphatic carbocycles. The maximum atomic E-state index is 11.5. The van der Waals surface area contributed by atoms with Crippen LogP contribution >= 0.6 is 0 Å². The zero-order valence-corrected chi connectivity index (χ0v) is 12.0. The minimum absolute atomic E-state index is 0.399. The van der Waals surface area contributed by atoms with Crippen molar-refractivity contribution in [1.82, 2.24) is 0 Å². The first-order valence-electron chi connectivity index (χ1n) is 6.61. The van der Waals surface area contributed by atoms with Gasteiger partial charge >= 0.3 is 5.97 Å². The number of nitrogen functional groups attached to an aromatic ring is 1. The first-order chi connectivity index (χ1) is 9.52. The highest BCUT2D eigenvalue weighted by atomic mass is 16.5. The Kier molecular flexibility index (Phi) is 4.08. The molecular weight excluding hydrogens is 250 g/mol. The molecule has 0 aliphatic rings. The molecule has 104 valence electrons. The number of esters is 1. The van der Waals surface area contributed by atoms with E-state index in [0.29, 0.717) is 17.2 Å². The van der Waals surface area contributed by atoms with Crippen molar-refractivity contribution >= 4 is 11.7 Å². The second-order valence-electron chi connectivity index (χ2n) is 5.07. The van der Waals surface area contributed by atoms with E-state index in [2.05, 4.69) is 26.0 Å². The molecule has 20 heavy (non-hydrogen) atoms. The number of benzene rings is 2. The second kappa shape index (κ2) is 5.78. The van der Waals surface area contributed by atoms with E-state index in [-0.39, 0.29) is 0 Å². The van der Waals surface area contributed by atoms with Crippen LogP contribution in [0.15, 0.2) is 42.5 Å². The number of methoxy groups -OCH3 is 1. The van der Waals surface area contributed by atoms with E-state index in [1.54, 1.807) is 6.07 Å². The molecule has 3 heteroatoms. The molecule has 0 saturated heterocycles. The molecule has 2 aromatic rings. The Balaban J connectivity index is 2.41. The maximum Gasteiger partial charge on any atom is 0.339 e. The molecule has 2 N–H and O–H groups in total. The quantitative estimate of drug-likeness (QED) is 0.680. The fraction of sp³-hybridized carbons (Fsp3) is 0.235. The molecule has 0 aromatic heterocycles. The molecule has 0 fully saturated rings. The van der Waals surface area contributed by atoms with Gasteiger partial charge in [0.25, 0.3) is 0 Å². The van der Waals surface area contributed by atoms with Gasteiger partial charge in [-0.2, -0.15) is 0 Å². The van der Waals surface area contributed by atoms with Crippen molar-refractivity contribution < 1.29 is 9.53 Å². The SMILES string of the molecule is COC(=O)c1ccc(-c2cccc(C(C)C)c2)cc1N. The van der Waals surface area contributed by atoms with Crippen LogP contribution in [0.3, 0.4) is 0 Å². The third-order valence-corrected chi connectivity index (χ3v) is 3.34. The van der Waals surface area contributed by atoms with E-state index < -0.39 is 5.97 Å². The lowest BCUT2D eigenvalue weighted by molar-refractivity contribution is 0.0602. The van der Waals surface area contributed by atoms with Crippen LogP contribution in [0.1, 0.15) is 35.7 Å². The van der Waals surface area contributed by atoms with Gasteiger partial charge in [0, 0.05) is 5.69 Å². The first-order valence-corrected chi connectivity index (χ1v) is 6.61. The average molecular weight is 269 g/mol. The molecule has 3 nitrogen and oxygen atoms in total. The number of ether oxygens (including phenoxy) is 1. The van der Waals surface area contributed by atoms with Gasteiger partial charge in [-0.15, -0.1) is 0 Å². The highest BCUT2D eigenvalue weighted by molar-refractivity contribution is 5.96. The minimum Gasteiger partial charge on any atom is -0.465 e. The Hall–Kier alpha value is -2.29. The summed E-state index contributed by atoms with van der Waals surface area (Å²) in [7, 11) is 1.35. The van der Waals surface area contributed by atoms with Crippen LogP contribution in [0.25, 0.3) is 11.1 Å². The van der Waals surface area contributed by atoms with Gasteiger partial charge in [0.05, 0.1) is 12.7 Å². The summed E-state index contributed by atoms with van der Waals surface area (Å²) in [5.74, 6) is 0.0617. The molecule has 0 heterocycles. The van der Waals surface area contributed by atoms with Crippen molar-refractivity contribution in [3.05, 3.63) is 53.6 Å². The second-order valence-corrected chi connectivity index (χ2v) is 5.07. The minimum atomic E-state index is -0.412. The Labute approximate surface area is 119 Å². The molecule has 0 aliphatic heterocycles. The summed E-state index contributed by atoms with van der Waals surface area (Å²) in [6, 6.07) is 13.7. The van der Waals surface area contributed by atoms with Gasteiger partial charge in [-0.25, -0.2) is 4.79 Å². The topological polar surface area (TPSA) is 52.3 Å². The molecular formula is C17H19NO2. The Morgan fingerprint density at radius 2 is 1.80 bits per heavy atom. The van der Waals surface area contributed by atoms with Crippen LogP contribution in [0.4, 0.5) is 5.69 Å². The molecule has 2 rings (SSSR count). The number of hydrogen-bond donors (Lipinski definition) is 1. The Morgan fingerprint density at radius 1 is 1.10 bits per heavy atom. The zero-order chi connectivity index (χ0) is 14.7. The van der Waals surface area contributed by atoms with Crippen LogP contribution in [0.5, 0.6) is 0 Å². The average Bonchev–Trinajstić information content (AvgIpc) is 2.46. The van der Waals surface area contributed by atoms with E-state index in [1.807, 2.05) is 24.3 Å². The van der Waals surface area contributed by atoms with Gasteiger partial charge < -0.3 is 10.5 Å². The fourth-order valence-electron chi connectivity index (χ4n) is 2.12. The fourth-order valence-corrected chi connectivity index (χ4v) is 2.12. The predicted octanol–water partition coefficient (Wildman–Crippen LogP) is 3.85. The van der Waals surface area contributed by atoms with Crippen LogP contribution < -0.4 is 5.73 Å². The van der Waals surface area contributed by atoms with Crippen molar-refractivity contribution in [2.45, 2.75) is 19.8 Å². The highest BCUT2D eigenvalue weighted by Crippen LogP contribution is 2.27. The summed E-state index contributed by atoms with van der Waals surface area (Å²) in [6.07, 6.45) is 0. The lowest BCUT2D eigenvalue weighted by atomic mass is 9.96. The number of carbonyl (C=O) groups excluding carboxylic acids is 1. The number of hydrogen-bond acceptors (Lipinski definition) is 3. The summed E-state index contributed by atoms with van der Waals surface area (Å²) in [6.45, 7) is 4.32. The van der Waals surface area contributed by atoms with E-state index in [0.717, 1.165) is 11.1 Å². The molecule has 2 aromatic carbocycles. The molecule has 0 amide bonds.